The Labute approximate surface area is 216 Å². The van der Waals surface area contributed by atoms with Gasteiger partial charge in [0, 0.05) is 59.8 Å². The number of hydrogen-bond donors (Lipinski definition) is 1. The van der Waals surface area contributed by atoms with Crippen molar-refractivity contribution in [2.75, 3.05) is 26.5 Å². The molecule has 8 nitrogen and oxygen atoms in total. The van der Waals surface area contributed by atoms with Gasteiger partial charge in [0.15, 0.2) is 15.5 Å². The molecule has 1 aliphatic heterocycles. The summed E-state index contributed by atoms with van der Waals surface area (Å²) < 4.78 is 71.5. The summed E-state index contributed by atoms with van der Waals surface area (Å²) >= 11 is 6.34. The van der Waals surface area contributed by atoms with Crippen LogP contribution in [0.15, 0.2) is 58.8 Å². The van der Waals surface area contributed by atoms with Gasteiger partial charge in [-0.2, -0.15) is 4.31 Å². The smallest absolute Gasteiger partial charge is 0.258 e. The molecule has 1 N–H and O–H groups in total. The third kappa shape index (κ3) is 6.44. The summed E-state index contributed by atoms with van der Waals surface area (Å²) in [5, 5.41) is 3.73. The van der Waals surface area contributed by atoms with Crippen molar-refractivity contribution in [3.63, 3.8) is 0 Å². The van der Waals surface area contributed by atoms with Crippen molar-refractivity contribution in [3.05, 3.63) is 59.0 Å². The van der Waals surface area contributed by atoms with Gasteiger partial charge >= 0.3 is 0 Å². The number of halogens is 2. The van der Waals surface area contributed by atoms with Crippen molar-refractivity contribution in [2.24, 2.45) is 0 Å². The number of nitrogens with one attached hydrogen (secondary N) is 1. The van der Waals surface area contributed by atoms with Gasteiger partial charge in [0.05, 0.1) is 12.0 Å². The lowest BCUT2D eigenvalue weighted by Gasteiger charge is -2.35. The maximum Gasteiger partial charge on any atom is 0.258 e. The van der Waals surface area contributed by atoms with Gasteiger partial charge in [0.1, 0.15) is 5.75 Å². The highest BCUT2D eigenvalue weighted by molar-refractivity contribution is 7.93. The second-order valence-electron chi connectivity index (χ2n) is 8.63. The number of benzene rings is 2. The maximum absolute atomic E-state index is 15.5. The van der Waals surface area contributed by atoms with Gasteiger partial charge in [-0.3, -0.25) is 4.79 Å². The molecular weight excluding hydrogens is 531 g/mol. The molecule has 0 aliphatic carbocycles. The number of piperidine rings is 1. The molecule has 0 bridgehead atoms. The number of carbonyl (C=O) groups excluding carboxylic acids is 1. The Morgan fingerprint density at radius 1 is 1.14 bits per heavy atom. The standard InChI is InChI=1S/C24H28ClFN2O6S2/c1-17(10-15-35(3,30)31)27-23(29)24(26)11-13-28(14-12-24)36(32,33)22-9-8-18(34-2)16-20(22)19-6-4-5-7-21(19)25/h4-10,15-17H,11-14H2,1-3H3,(H,27,29)/b15-10-/t17-/m0/s1. The van der Waals surface area contributed by atoms with Crippen LogP contribution in [0.4, 0.5) is 4.39 Å². The Balaban J connectivity index is 1.81. The first kappa shape index (κ1) is 28.1. The molecule has 0 unspecified atom stereocenters. The summed E-state index contributed by atoms with van der Waals surface area (Å²) in [6.07, 6.45) is 1.55. The van der Waals surface area contributed by atoms with Crippen LogP contribution in [0.3, 0.4) is 0 Å². The van der Waals surface area contributed by atoms with Crippen LogP contribution >= 0.6 is 11.6 Å². The normalized spacial score (nSPS) is 17.6. The zero-order valence-corrected chi connectivity index (χ0v) is 22.5. The molecule has 12 heteroatoms. The number of alkyl halides is 1. The first-order valence-corrected chi connectivity index (χ1v) is 14.9. The summed E-state index contributed by atoms with van der Waals surface area (Å²) in [5.74, 6) is -0.465. The van der Waals surface area contributed by atoms with Crippen LogP contribution in [0.1, 0.15) is 19.8 Å². The predicted molar refractivity (Wildman–Crippen MR) is 137 cm³/mol. The van der Waals surface area contributed by atoms with Gasteiger partial charge in [-0.05, 0) is 31.2 Å². The van der Waals surface area contributed by atoms with Crippen molar-refractivity contribution in [1.82, 2.24) is 9.62 Å². The van der Waals surface area contributed by atoms with E-state index in [1.54, 1.807) is 30.3 Å². The Bertz CT molecular complexity index is 1370. The van der Waals surface area contributed by atoms with E-state index >= 15 is 4.39 Å². The fourth-order valence-corrected chi connectivity index (χ4v) is 6.23. The Kier molecular flexibility index (Phi) is 8.49. The molecule has 1 saturated heterocycles. The number of sulfone groups is 1. The number of carbonyl (C=O) groups is 1. The van der Waals surface area contributed by atoms with Crippen LogP contribution in [0.2, 0.25) is 5.02 Å². The first-order valence-electron chi connectivity index (χ1n) is 11.1. The van der Waals surface area contributed by atoms with E-state index in [0.717, 1.165) is 16.0 Å². The fraction of sp³-hybridized carbons (Fsp3) is 0.375. The number of nitrogens with zero attached hydrogens (tertiary/aromatic N) is 1. The molecule has 0 radical (unpaired) electrons. The van der Waals surface area contributed by atoms with Crippen LogP contribution in [-0.4, -0.2) is 65.2 Å². The molecule has 1 aliphatic rings. The molecule has 3 rings (SSSR count). The molecule has 2 aromatic carbocycles. The summed E-state index contributed by atoms with van der Waals surface area (Å²) in [5.41, 5.74) is -1.43. The lowest BCUT2D eigenvalue weighted by atomic mass is 9.93. The highest BCUT2D eigenvalue weighted by Gasteiger charge is 2.45. The Morgan fingerprint density at radius 3 is 2.36 bits per heavy atom. The van der Waals surface area contributed by atoms with Gasteiger partial charge in [-0.25, -0.2) is 21.2 Å². The summed E-state index contributed by atoms with van der Waals surface area (Å²) in [6, 6.07) is 10.6. The quantitative estimate of drug-likeness (QED) is 0.530. The second kappa shape index (κ2) is 10.9. The molecule has 1 heterocycles. The highest BCUT2D eigenvalue weighted by Crippen LogP contribution is 2.38. The summed E-state index contributed by atoms with van der Waals surface area (Å²) in [4.78, 5) is 12.6. The lowest BCUT2D eigenvalue weighted by Crippen LogP contribution is -2.53. The fourth-order valence-electron chi connectivity index (χ4n) is 3.84. The van der Waals surface area contributed by atoms with Gasteiger partial charge in [-0.1, -0.05) is 35.9 Å². The molecule has 36 heavy (non-hydrogen) atoms. The van der Waals surface area contributed by atoms with E-state index in [0.29, 0.717) is 21.9 Å². The third-order valence-electron chi connectivity index (χ3n) is 5.86. The molecule has 0 aromatic heterocycles. The zero-order chi connectivity index (χ0) is 26.7. The summed E-state index contributed by atoms with van der Waals surface area (Å²) in [7, 11) is -5.99. The van der Waals surface area contributed by atoms with Crippen LogP contribution in [-0.2, 0) is 24.7 Å². The van der Waals surface area contributed by atoms with E-state index in [1.807, 2.05) is 0 Å². The monoisotopic (exact) mass is 558 g/mol. The number of sulfonamides is 1. The molecular formula is C24H28ClFN2O6S2. The van der Waals surface area contributed by atoms with Gasteiger partial charge in [0.25, 0.3) is 5.91 Å². The van der Waals surface area contributed by atoms with E-state index in [9.17, 15) is 21.6 Å². The maximum atomic E-state index is 15.5. The average molecular weight is 559 g/mol. The van der Waals surface area contributed by atoms with E-state index in [4.69, 9.17) is 16.3 Å². The average Bonchev–Trinajstić information content (AvgIpc) is 2.82. The second-order valence-corrected chi connectivity index (χ2v) is 12.9. The number of methoxy groups -OCH3 is 1. The minimum atomic E-state index is -4.06. The van der Waals surface area contributed by atoms with E-state index in [1.165, 1.54) is 32.2 Å². The van der Waals surface area contributed by atoms with Crippen molar-refractivity contribution >= 4 is 37.4 Å². The van der Waals surface area contributed by atoms with Crippen LogP contribution in [0.25, 0.3) is 11.1 Å². The van der Waals surface area contributed by atoms with E-state index in [2.05, 4.69) is 5.32 Å². The van der Waals surface area contributed by atoms with E-state index < -0.39 is 37.5 Å². The molecule has 0 spiro atoms. The van der Waals surface area contributed by atoms with Crippen LogP contribution < -0.4 is 10.1 Å². The van der Waals surface area contributed by atoms with Crippen molar-refractivity contribution < 1.29 is 30.8 Å². The number of rotatable bonds is 8. The largest absolute Gasteiger partial charge is 0.497 e. The minimum Gasteiger partial charge on any atom is -0.497 e. The molecule has 196 valence electrons. The third-order valence-corrected chi connectivity index (χ3v) is 8.80. The molecule has 1 atom stereocenters. The van der Waals surface area contributed by atoms with Crippen molar-refractivity contribution in [2.45, 2.75) is 36.4 Å². The van der Waals surface area contributed by atoms with Crippen LogP contribution in [0.5, 0.6) is 5.75 Å². The topological polar surface area (TPSA) is 110 Å². The molecule has 2 aromatic rings. The zero-order valence-electron chi connectivity index (χ0n) is 20.1. The highest BCUT2D eigenvalue weighted by atomic mass is 35.5. The Hall–Kier alpha value is -2.47. The first-order chi connectivity index (χ1) is 16.8. The van der Waals surface area contributed by atoms with E-state index in [-0.39, 0.29) is 30.8 Å². The molecule has 1 fully saturated rings. The van der Waals surface area contributed by atoms with Crippen molar-refractivity contribution in [1.29, 1.82) is 0 Å². The number of amides is 1. The SMILES string of the molecule is COc1ccc(S(=O)(=O)N2CCC(F)(C(=O)N[C@@H](C)/C=C\S(C)(=O)=O)CC2)c(-c2ccccc2Cl)c1. The molecule has 0 saturated carbocycles. The number of hydrogen-bond acceptors (Lipinski definition) is 6. The lowest BCUT2D eigenvalue weighted by molar-refractivity contribution is -0.135. The minimum absolute atomic E-state index is 0.00764. The predicted octanol–water partition coefficient (Wildman–Crippen LogP) is 3.57. The number of ether oxygens (including phenoxy) is 1. The van der Waals surface area contributed by atoms with Crippen molar-refractivity contribution in [3.8, 4) is 16.9 Å². The van der Waals surface area contributed by atoms with Crippen LogP contribution in [0, 0.1) is 0 Å². The van der Waals surface area contributed by atoms with Gasteiger partial charge in [0.2, 0.25) is 10.0 Å². The van der Waals surface area contributed by atoms with Gasteiger partial charge < -0.3 is 10.1 Å². The van der Waals surface area contributed by atoms with Gasteiger partial charge in [-0.15, -0.1) is 0 Å². The Morgan fingerprint density at radius 2 is 1.78 bits per heavy atom. The summed E-state index contributed by atoms with van der Waals surface area (Å²) in [6.45, 7) is 1.09. The molecule has 1 amide bonds.